The fourth-order valence-corrected chi connectivity index (χ4v) is 1.17. The van der Waals surface area contributed by atoms with E-state index < -0.39 is 0 Å². The second-order valence-corrected chi connectivity index (χ2v) is 3.37. The maximum atomic E-state index is 11.6. The molecule has 1 rings (SSSR count). The molecular weight excluding hydrogens is 212 g/mol. The number of aromatic nitrogens is 1. The molecule has 16 heavy (non-hydrogen) atoms. The van der Waals surface area contributed by atoms with Gasteiger partial charge in [0.15, 0.2) is 11.5 Å². The lowest BCUT2D eigenvalue weighted by Gasteiger charge is -2.11. The lowest BCUT2D eigenvalue weighted by molar-refractivity contribution is 0.0905. The van der Waals surface area contributed by atoms with Crippen molar-refractivity contribution in [2.24, 2.45) is 0 Å². The third-order valence-corrected chi connectivity index (χ3v) is 2.13. The first-order chi connectivity index (χ1) is 7.71. The van der Waals surface area contributed by atoms with Crippen molar-refractivity contribution in [2.45, 2.75) is 26.0 Å². The molecule has 0 spiro atoms. The summed E-state index contributed by atoms with van der Waals surface area (Å²) in [4.78, 5) is 11.6. The standard InChI is InChI=1S/C10H16N2O4/c1-3-7(5-13)11-10(14)9-4-8(6-15-2)16-12-9/h4,7,13H,3,5-6H2,1-2H3,(H,11,14). The molecule has 1 atom stereocenters. The van der Waals surface area contributed by atoms with Gasteiger partial charge in [-0.15, -0.1) is 0 Å². The largest absolute Gasteiger partial charge is 0.394 e. The fourth-order valence-electron chi connectivity index (χ4n) is 1.17. The van der Waals surface area contributed by atoms with Crippen LogP contribution in [0.15, 0.2) is 10.6 Å². The van der Waals surface area contributed by atoms with Gasteiger partial charge >= 0.3 is 0 Å². The molecule has 0 bridgehead atoms. The highest BCUT2D eigenvalue weighted by Gasteiger charge is 2.15. The molecule has 0 saturated heterocycles. The van der Waals surface area contributed by atoms with Crippen molar-refractivity contribution in [3.8, 4) is 0 Å². The zero-order chi connectivity index (χ0) is 12.0. The van der Waals surface area contributed by atoms with Crippen LogP contribution >= 0.6 is 0 Å². The van der Waals surface area contributed by atoms with E-state index in [1.54, 1.807) is 0 Å². The summed E-state index contributed by atoms with van der Waals surface area (Å²) in [6, 6.07) is 1.26. The minimum absolute atomic E-state index is 0.0922. The number of carbonyl (C=O) groups excluding carboxylic acids is 1. The van der Waals surface area contributed by atoms with Crippen molar-refractivity contribution < 1.29 is 19.2 Å². The second-order valence-electron chi connectivity index (χ2n) is 3.37. The van der Waals surface area contributed by atoms with Gasteiger partial charge in [-0.2, -0.15) is 0 Å². The molecule has 0 saturated carbocycles. The average Bonchev–Trinajstić information content (AvgIpc) is 2.74. The highest BCUT2D eigenvalue weighted by atomic mass is 16.5. The number of methoxy groups -OCH3 is 1. The molecule has 0 aliphatic rings. The summed E-state index contributed by atoms with van der Waals surface area (Å²) in [5, 5.41) is 15.2. The van der Waals surface area contributed by atoms with Crippen LogP contribution in [0.1, 0.15) is 29.6 Å². The molecule has 2 N–H and O–H groups in total. The van der Waals surface area contributed by atoms with E-state index in [0.29, 0.717) is 12.2 Å². The van der Waals surface area contributed by atoms with Crippen LogP contribution in [0.5, 0.6) is 0 Å². The van der Waals surface area contributed by atoms with E-state index >= 15 is 0 Å². The number of aliphatic hydroxyl groups is 1. The summed E-state index contributed by atoms with van der Waals surface area (Å²) in [5.74, 6) is 0.136. The highest BCUT2D eigenvalue weighted by molar-refractivity contribution is 5.92. The average molecular weight is 228 g/mol. The molecule has 1 amide bonds. The predicted molar refractivity (Wildman–Crippen MR) is 55.8 cm³/mol. The van der Waals surface area contributed by atoms with E-state index in [2.05, 4.69) is 10.5 Å². The van der Waals surface area contributed by atoms with Gasteiger partial charge in [-0.3, -0.25) is 4.79 Å². The highest BCUT2D eigenvalue weighted by Crippen LogP contribution is 2.05. The monoisotopic (exact) mass is 228 g/mol. The number of hydrogen-bond donors (Lipinski definition) is 2. The molecule has 6 nitrogen and oxygen atoms in total. The molecule has 1 aromatic heterocycles. The van der Waals surface area contributed by atoms with Gasteiger partial charge in [0.05, 0.1) is 12.6 Å². The zero-order valence-corrected chi connectivity index (χ0v) is 9.40. The van der Waals surface area contributed by atoms with Crippen LogP contribution in [0.25, 0.3) is 0 Å². The molecule has 0 aromatic carbocycles. The van der Waals surface area contributed by atoms with Gasteiger partial charge in [0.2, 0.25) is 0 Å². The summed E-state index contributed by atoms with van der Waals surface area (Å²) in [5.41, 5.74) is 0.193. The third kappa shape index (κ3) is 3.32. The molecule has 0 aliphatic carbocycles. The molecule has 6 heteroatoms. The Morgan fingerprint density at radius 3 is 3.06 bits per heavy atom. The fraction of sp³-hybridized carbons (Fsp3) is 0.600. The van der Waals surface area contributed by atoms with Gasteiger partial charge in [0.1, 0.15) is 6.61 Å². The van der Waals surface area contributed by atoms with E-state index in [4.69, 9.17) is 14.4 Å². The van der Waals surface area contributed by atoms with Crippen LogP contribution in [-0.4, -0.2) is 35.9 Å². The summed E-state index contributed by atoms with van der Waals surface area (Å²) in [7, 11) is 1.53. The topological polar surface area (TPSA) is 84.6 Å². The van der Waals surface area contributed by atoms with Gasteiger partial charge in [-0.25, -0.2) is 0 Å². The van der Waals surface area contributed by atoms with E-state index in [1.807, 2.05) is 6.92 Å². The normalized spacial score (nSPS) is 12.4. The molecule has 1 unspecified atom stereocenters. The Hall–Kier alpha value is -1.40. The minimum Gasteiger partial charge on any atom is -0.394 e. The molecule has 1 aromatic rings. The molecule has 90 valence electrons. The second kappa shape index (κ2) is 6.24. The lowest BCUT2D eigenvalue weighted by Crippen LogP contribution is -2.37. The number of hydrogen-bond acceptors (Lipinski definition) is 5. The van der Waals surface area contributed by atoms with E-state index in [1.165, 1.54) is 13.2 Å². The number of nitrogens with one attached hydrogen (secondary N) is 1. The molecule has 1 heterocycles. The molecule has 0 aliphatic heterocycles. The number of rotatable bonds is 6. The van der Waals surface area contributed by atoms with Crippen molar-refractivity contribution in [3.05, 3.63) is 17.5 Å². The molecular formula is C10H16N2O4. The maximum absolute atomic E-state index is 11.6. The Bertz CT molecular complexity index is 333. The smallest absolute Gasteiger partial charge is 0.273 e. The summed E-state index contributed by atoms with van der Waals surface area (Å²) in [6.07, 6.45) is 0.658. The van der Waals surface area contributed by atoms with Crippen molar-refractivity contribution in [2.75, 3.05) is 13.7 Å². The molecule has 0 radical (unpaired) electrons. The number of amides is 1. The third-order valence-electron chi connectivity index (χ3n) is 2.13. The maximum Gasteiger partial charge on any atom is 0.273 e. The zero-order valence-electron chi connectivity index (χ0n) is 9.40. The Labute approximate surface area is 93.6 Å². The van der Waals surface area contributed by atoms with Crippen molar-refractivity contribution in [1.82, 2.24) is 10.5 Å². The quantitative estimate of drug-likeness (QED) is 0.732. The van der Waals surface area contributed by atoms with Crippen molar-refractivity contribution in [1.29, 1.82) is 0 Å². The summed E-state index contributed by atoms with van der Waals surface area (Å²) in [6.45, 7) is 2.06. The number of nitrogens with zero attached hydrogens (tertiary/aromatic N) is 1. The lowest BCUT2D eigenvalue weighted by atomic mass is 10.2. The van der Waals surface area contributed by atoms with Gasteiger partial charge in [-0.05, 0) is 6.42 Å². The Balaban J connectivity index is 2.58. The summed E-state index contributed by atoms with van der Waals surface area (Å²) >= 11 is 0. The van der Waals surface area contributed by atoms with Crippen LogP contribution in [0.4, 0.5) is 0 Å². The van der Waals surface area contributed by atoms with E-state index in [9.17, 15) is 4.79 Å². The summed E-state index contributed by atoms with van der Waals surface area (Å²) < 4.78 is 9.72. The van der Waals surface area contributed by atoms with Gasteiger partial charge < -0.3 is 19.7 Å². The Morgan fingerprint density at radius 2 is 2.50 bits per heavy atom. The van der Waals surface area contributed by atoms with Gasteiger partial charge in [-0.1, -0.05) is 12.1 Å². The van der Waals surface area contributed by atoms with Crippen LogP contribution in [0, 0.1) is 0 Å². The van der Waals surface area contributed by atoms with E-state index in [0.717, 1.165) is 0 Å². The first-order valence-corrected chi connectivity index (χ1v) is 5.07. The first kappa shape index (κ1) is 12.7. The van der Waals surface area contributed by atoms with Crippen molar-refractivity contribution >= 4 is 5.91 Å². The van der Waals surface area contributed by atoms with Gasteiger partial charge in [0, 0.05) is 13.2 Å². The Morgan fingerprint density at radius 1 is 1.75 bits per heavy atom. The van der Waals surface area contributed by atoms with Crippen molar-refractivity contribution in [3.63, 3.8) is 0 Å². The van der Waals surface area contributed by atoms with E-state index in [-0.39, 0.29) is 30.9 Å². The minimum atomic E-state index is -0.355. The SMILES string of the molecule is CCC(CO)NC(=O)c1cc(COC)on1. The number of aliphatic hydroxyl groups excluding tert-OH is 1. The predicted octanol–water partition coefficient (Wildman–Crippen LogP) is 0.322. The number of ether oxygens (including phenoxy) is 1. The Kier molecular flexibility index (Phi) is 4.94. The van der Waals surface area contributed by atoms with Gasteiger partial charge in [0.25, 0.3) is 5.91 Å². The van der Waals surface area contributed by atoms with Crippen LogP contribution < -0.4 is 5.32 Å². The van der Waals surface area contributed by atoms with Crippen LogP contribution in [0.3, 0.4) is 0 Å². The van der Waals surface area contributed by atoms with Crippen LogP contribution in [-0.2, 0) is 11.3 Å². The molecule has 0 fully saturated rings. The number of carbonyl (C=O) groups is 1. The van der Waals surface area contributed by atoms with Crippen LogP contribution in [0.2, 0.25) is 0 Å². The first-order valence-electron chi connectivity index (χ1n) is 5.07.